The Labute approximate surface area is 133 Å². The Hall–Kier alpha value is -1.18. The zero-order valence-corrected chi connectivity index (χ0v) is 13.9. The Morgan fingerprint density at radius 2 is 2.20 bits per heavy atom. The molecule has 5 nitrogen and oxygen atoms in total. The van der Waals surface area contributed by atoms with Crippen molar-refractivity contribution in [1.82, 2.24) is 9.78 Å². The lowest BCUT2D eigenvalue weighted by atomic mass is 10.1. The molecule has 7 heteroatoms. The molecule has 0 bridgehead atoms. The molecule has 2 aromatic rings. The Bertz CT molecular complexity index is 641. The van der Waals surface area contributed by atoms with E-state index in [1.807, 2.05) is 0 Å². The molecule has 0 unspecified atom stereocenters. The minimum absolute atomic E-state index is 0.171. The van der Waals surface area contributed by atoms with Gasteiger partial charge in [0.05, 0.1) is 23.8 Å². The van der Waals surface area contributed by atoms with E-state index >= 15 is 0 Å². The van der Waals surface area contributed by atoms with E-state index in [2.05, 4.69) is 37.0 Å². The fraction of sp³-hybridized carbons (Fsp3) is 0.231. The maximum absolute atomic E-state index is 12.6. The molecule has 0 saturated heterocycles. The third kappa shape index (κ3) is 3.11. The highest BCUT2D eigenvalue weighted by Crippen LogP contribution is 2.25. The van der Waals surface area contributed by atoms with Gasteiger partial charge in [-0.3, -0.25) is 9.48 Å². The van der Waals surface area contributed by atoms with E-state index < -0.39 is 0 Å². The van der Waals surface area contributed by atoms with Crippen LogP contribution in [0.3, 0.4) is 0 Å². The van der Waals surface area contributed by atoms with Crippen LogP contribution in [0.1, 0.15) is 16.1 Å². The van der Waals surface area contributed by atoms with Crippen LogP contribution in [0.4, 0.5) is 5.69 Å². The van der Waals surface area contributed by atoms with E-state index in [9.17, 15) is 4.79 Å². The Morgan fingerprint density at radius 1 is 1.45 bits per heavy atom. The molecule has 1 aromatic carbocycles. The standard InChI is InChI=1S/C13H13Br2N3O2/c1-20-5-4-18-12(10(15)7-17-18)13(19)9-3-2-8(14)6-11(9)16/h2-3,6-7H,4-5,16H2,1H3. The number of halogens is 2. The van der Waals surface area contributed by atoms with Gasteiger partial charge in [0.25, 0.3) is 0 Å². The molecule has 2 N–H and O–H groups in total. The number of nitrogen functional groups attached to an aromatic ring is 1. The number of hydrogen-bond acceptors (Lipinski definition) is 4. The van der Waals surface area contributed by atoms with E-state index in [0.717, 1.165) is 4.47 Å². The third-order valence-corrected chi connectivity index (χ3v) is 3.85. The highest BCUT2D eigenvalue weighted by Gasteiger charge is 2.20. The molecular formula is C13H13Br2N3O2. The number of carbonyl (C=O) groups excluding carboxylic acids is 1. The molecule has 0 saturated carbocycles. The van der Waals surface area contributed by atoms with E-state index in [1.54, 1.807) is 36.2 Å². The van der Waals surface area contributed by atoms with Gasteiger partial charge in [-0.05, 0) is 34.1 Å². The summed E-state index contributed by atoms with van der Waals surface area (Å²) < 4.78 is 8.10. The van der Waals surface area contributed by atoms with Crippen LogP contribution in [0.25, 0.3) is 0 Å². The predicted octanol–water partition coefficient (Wildman–Crippen LogP) is 2.87. The summed E-state index contributed by atoms with van der Waals surface area (Å²) in [6, 6.07) is 5.19. The topological polar surface area (TPSA) is 70.1 Å². The second-order valence-corrected chi connectivity index (χ2v) is 5.89. The number of aromatic nitrogens is 2. The number of carbonyl (C=O) groups is 1. The first kappa shape index (κ1) is 15.2. The minimum Gasteiger partial charge on any atom is -0.398 e. The lowest BCUT2D eigenvalue weighted by Crippen LogP contribution is -2.15. The van der Waals surface area contributed by atoms with Gasteiger partial charge in [0.1, 0.15) is 5.69 Å². The molecule has 0 aliphatic carbocycles. The van der Waals surface area contributed by atoms with Crippen molar-refractivity contribution in [2.75, 3.05) is 19.5 Å². The van der Waals surface area contributed by atoms with Crippen molar-refractivity contribution in [3.63, 3.8) is 0 Å². The lowest BCUT2D eigenvalue weighted by Gasteiger charge is -2.09. The van der Waals surface area contributed by atoms with Crippen molar-refractivity contribution in [2.45, 2.75) is 6.54 Å². The summed E-state index contributed by atoms with van der Waals surface area (Å²) >= 11 is 6.67. The van der Waals surface area contributed by atoms with Gasteiger partial charge in [-0.2, -0.15) is 5.10 Å². The Balaban J connectivity index is 2.40. The number of nitrogens with two attached hydrogens (primary N) is 1. The van der Waals surface area contributed by atoms with Crippen molar-refractivity contribution in [3.05, 3.63) is 44.6 Å². The summed E-state index contributed by atoms with van der Waals surface area (Å²) in [7, 11) is 1.60. The lowest BCUT2D eigenvalue weighted by molar-refractivity contribution is 0.102. The first-order valence-corrected chi connectivity index (χ1v) is 7.43. The van der Waals surface area contributed by atoms with Gasteiger partial charge < -0.3 is 10.5 Å². The molecule has 1 aromatic heterocycles. The van der Waals surface area contributed by atoms with Gasteiger partial charge in [0.2, 0.25) is 5.78 Å². The molecule has 0 amide bonds. The highest BCUT2D eigenvalue weighted by atomic mass is 79.9. The first-order valence-electron chi connectivity index (χ1n) is 5.84. The van der Waals surface area contributed by atoms with E-state index in [-0.39, 0.29) is 5.78 Å². The number of benzene rings is 1. The molecule has 0 radical (unpaired) electrons. The maximum Gasteiger partial charge on any atom is 0.214 e. The van der Waals surface area contributed by atoms with Crippen LogP contribution in [0.15, 0.2) is 33.3 Å². The number of methoxy groups -OCH3 is 1. The molecule has 20 heavy (non-hydrogen) atoms. The fourth-order valence-corrected chi connectivity index (χ4v) is 2.66. The van der Waals surface area contributed by atoms with Gasteiger partial charge in [-0.1, -0.05) is 15.9 Å². The van der Waals surface area contributed by atoms with Crippen LogP contribution in [0, 0.1) is 0 Å². The molecule has 106 valence electrons. The minimum atomic E-state index is -0.171. The predicted molar refractivity (Wildman–Crippen MR) is 83.8 cm³/mol. The average molecular weight is 403 g/mol. The van der Waals surface area contributed by atoms with Gasteiger partial charge in [0, 0.05) is 22.8 Å². The van der Waals surface area contributed by atoms with Crippen molar-refractivity contribution in [1.29, 1.82) is 0 Å². The molecule has 0 atom stereocenters. The number of anilines is 1. The summed E-state index contributed by atoms with van der Waals surface area (Å²) in [5.41, 5.74) is 7.26. The van der Waals surface area contributed by atoms with Gasteiger partial charge >= 0.3 is 0 Å². The molecule has 0 aliphatic heterocycles. The van der Waals surface area contributed by atoms with Crippen LogP contribution < -0.4 is 5.73 Å². The van der Waals surface area contributed by atoms with Crippen molar-refractivity contribution in [2.24, 2.45) is 0 Å². The van der Waals surface area contributed by atoms with Crippen molar-refractivity contribution >= 4 is 43.3 Å². The average Bonchev–Trinajstić information content (AvgIpc) is 2.77. The summed E-state index contributed by atoms with van der Waals surface area (Å²) in [6.07, 6.45) is 1.60. The summed E-state index contributed by atoms with van der Waals surface area (Å²) in [6.45, 7) is 0.976. The van der Waals surface area contributed by atoms with Crippen LogP contribution in [-0.2, 0) is 11.3 Å². The highest BCUT2D eigenvalue weighted by molar-refractivity contribution is 9.10. The summed E-state index contributed by atoms with van der Waals surface area (Å²) in [5.74, 6) is -0.171. The van der Waals surface area contributed by atoms with Gasteiger partial charge in [-0.25, -0.2) is 0 Å². The van der Waals surface area contributed by atoms with Crippen LogP contribution in [-0.4, -0.2) is 29.3 Å². The van der Waals surface area contributed by atoms with Crippen molar-refractivity contribution < 1.29 is 9.53 Å². The Morgan fingerprint density at radius 3 is 2.85 bits per heavy atom. The SMILES string of the molecule is COCCn1ncc(Br)c1C(=O)c1ccc(Br)cc1N. The summed E-state index contributed by atoms with van der Waals surface area (Å²) in [5, 5.41) is 4.17. The van der Waals surface area contributed by atoms with Gasteiger partial charge in [-0.15, -0.1) is 0 Å². The smallest absolute Gasteiger partial charge is 0.214 e. The van der Waals surface area contributed by atoms with E-state index in [4.69, 9.17) is 10.5 Å². The molecular weight excluding hydrogens is 390 g/mol. The number of hydrogen-bond donors (Lipinski definition) is 1. The molecule has 0 aliphatic rings. The largest absolute Gasteiger partial charge is 0.398 e. The van der Waals surface area contributed by atoms with Crippen LogP contribution >= 0.6 is 31.9 Å². The monoisotopic (exact) mass is 401 g/mol. The number of ether oxygens (including phenoxy) is 1. The third-order valence-electron chi connectivity index (χ3n) is 2.78. The van der Waals surface area contributed by atoms with Crippen molar-refractivity contribution in [3.8, 4) is 0 Å². The van der Waals surface area contributed by atoms with E-state index in [0.29, 0.717) is 34.6 Å². The Kier molecular flexibility index (Phi) is 4.95. The van der Waals surface area contributed by atoms with Crippen LogP contribution in [0.5, 0.6) is 0 Å². The quantitative estimate of drug-likeness (QED) is 0.616. The number of nitrogens with zero attached hydrogens (tertiary/aromatic N) is 2. The van der Waals surface area contributed by atoms with E-state index in [1.165, 1.54) is 0 Å². The molecule has 0 spiro atoms. The first-order chi connectivity index (χ1) is 9.54. The zero-order valence-electron chi connectivity index (χ0n) is 10.8. The molecule has 0 fully saturated rings. The van der Waals surface area contributed by atoms with Crippen LogP contribution in [0.2, 0.25) is 0 Å². The number of rotatable bonds is 5. The molecule has 2 rings (SSSR count). The second kappa shape index (κ2) is 6.51. The van der Waals surface area contributed by atoms with Gasteiger partial charge in [0.15, 0.2) is 0 Å². The normalized spacial score (nSPS) is 10.8. The molecule has 1 heterocycles. The zero-order chi connectivity index (χ0) is 14.7. The second-order valence-electron chi connectivity index (χ2n) is 4.12. The summed E-state index contributed by atoms with van der Waals surface area (Å²) in [4.78, 5) is 12.6. The fourth-order valence-electron chi connectivity index (χ4n) is 1.80. The maximum atomic E-state index is 12.6. The number of ketones is 1.